The Morgan fingerprint density at radius 1 is 0.348 bits per heavy atom. The Hall–Kier alpha value is -15.4. The van der Waals surface area contributed by atoms with E-state index in [2.05, 4.69) is 0 Å². The quantitative estimate of drug-likeness (QED) is 0.0667. The van der Waals surface area contributed by atoms with E-state index >= 15 is 9.59 Å². The van der Waals surface area contributed by atoms with Crippen LogP contribution in [0.5, 0.6) is 149 Å². The largest absolute Gasteiger partial charge is 0.504 e. The summed E-state index contributed by atoms with van der Waals surface area (Å²) in [7, 11) is 0. The maximum absolute atomic E-state index is 15.3. The molecular formula is C68H50O44. The summed E-state index contributed by atoms with van der Waals surface area (Å²) in [6, 6.07) is 4.03. The maximum atomic E-state index is 15.3. The number of aliphatic hydroxyl groups is 2. The van der Waals surface area contributed by atoms with E-state index in [0.29, 0.717) is 42.5 Å². The minimum Gasteiger partial charge on any atom is -0.504 e. The molecule has 13 rings (SSSR count). The van der Waals surface area contributed by atoms with Crippen LogP contribution in [-0.2, 0) is 47.4 Å². The van der Waals surface area contributed by atoms with Crippen molar-refractivity contribution in [2.45, 2.75) is 61.4 Å². The summed E-state index contributed by atoms with van der Waals surface area (Å²) in [6.07, 6.45) is -27.1. The SMILES string of the molecule is O=C1O[C@@H]2O[C@@H]3COC(=O)c4cc(O)c(O)c(O)c4-c4c(cc(O)c(O)c4O)C(=O)O[C@H]3[C@H](OC(=O)c3cc(O)c(O)c(O)c3)[C@H]2OC(=O)c2cc(O)c(O)c(O)c2Oc2cc(cc(O)c2O)C(=O)O[C@@H]2O[C@H](CO)[C@@H](O)[C@H](OC(=O)c3cc(O)c(O)c(O)c3)[C@H]2OC(=O)c2cc(O)c(O)c(O)c2Oc2c(O)cc1cc2O. The number of cyclic esters (lactones) is 1. The first-order valence-electron chi connectivity index (χ1n) is 31.1. The predicted octanol–water partition coefficient (Wildman–Crippen LogP) is 2.19. The smallest absolute Gasteiger partial charge is 0.342 e. The Labute approximate surface area is 616 Å². The van der Waals surface area contributed by atoms with Gasteiger partial charge in [0.2, 0.25) is 70.8 Å². The maximum Gasteiger partial charge on any atom is 0.342 e. The number of aliphatic hydroxyl groups excluding tert-OH is 2. The summed E-state index contributed by atoms with van der Waals surface area (Å²) < 4.78 is 67.6. The van der Waals surface area contributed by atoms with E-state index in [4.69, 9.17) is 56.8 Å². The van der Waals surface area contributed by atoms with Gasteiger partial charge in [-0.2, -0.15) is 0 Å². The number of fused-ring (bicyclic) bond motifs is 10. The van der Waals surface area contributed by atoms with Gasteiger partial charge in [0.1, 0.15) is 36.0 Å². The number of phenols is 22. The fourth-order valence-corrected chi connectivity index (χ4v) is 11.6. The Bertz CT molecular complexity index is 5290. The number of aromatic hydroxyl groups is 22. The van der Waals surface area contributed by atoms with Gasteiger partial charge in [-0.25, -0.2) is 38.4 Å². The van der Waals surface area contributed by atoms with Gasteiger partial charge in [0, 0.05) is 23.3 Å². The molecule has 8 aromatic rings. The van der Waals surface area contributed by atoms with Crippen molar-refractivity contribution in [3.8, 4) is 161 Å². The lowest BCUT2D eigenvalue weighted by Crippen LogP contribution is -2.63. The predicted molar refractivity (Wildman–Crippen MR) is 345 cm³/mol. The van der Waals surface area contributed by atoms with E-state index in [1.165, 1.54) is 0 Å². The monoisotopic (exact) mass is 1570 g/mol. The Balaban J connectivity index is 1.06. The minimum absolute atomic E-state index is 0.158. The molecule has 10 atom stereocenters. The van der Waals surface area contributed by atoms with Crippen molar-refractivity contribution in [1.82, 2.24) is 0 Å². The van der Waals surface area contributed by atoms with Gasteiger partial charge in [0.05, 0.1) is 40.0 Å². The first kappa shape index (κ1) is 76.2. The molecule has 586 valence electrons. The highest BCUT2D eigenvalue weighted by atomic mass is 16.8. The van der Waals surface area contributed by atoms with Crippen LogP contribution in [0.3, 0.4) is 0 Å². The third-order valence-electron chi connectivity index (χ3n) is 17.1. The Morgan fingerprint density at radius 2 is 0.714 bits per heavy atom. The molecule has 0 amide bonds. The van der Waals surface area contributed by atoms with Crippen LogP contribution in [0.2, 0.25) is 0 Å². The number of hydrogen-bond donors (Lipinski definition) is 24. The summed E-state index contributed by atoms with van der Waals surface area (Å²) in [4.78, 5) is 117. The van der Waals surface area contributed by atoms with E-state index in [9.17, 15) is 151 Å². The molecule has 4 bridgehead atoms. The fourth-order valence-electron chi connectivity index (χ4n) is 11.6. The number of ether oxygens (including phenoxy) is 12. The van der Waals surface area contributed by atoms with Crippen molar-refractivity contribution in [2.75, 3.05) is 13.2 Å². The van der Waals surface area contributed by atoms with Crippen molar-refractivity contribution >= 4 is 47.8 Å². The van der Waals surface area contributed by atoms with Crippen LogP contribution < -0.4 is 9.47 Å². The molecule has 5 heterocycles. The molecule has 0 spiro atoms. The van der Waals surface area contributed by atoms with Gasteiger partial charge in [-0.3, -0.25) is 0 Å². The molecule has 44 heteroatoms. The number of rotatable bonds is 5. The molecule has 0 radical (unpaired) electrons. The summed E-state index contributed by atoms with van der Waals surface area (Å²) in [5, 5.41) is 262. The molecule has 0 aromatic heterocycles. The van der Waals surface area contributed by atoms with Gasteiger partial charge in [0.15, 0.2) is 122 Å². The van der Waals surface area contributed by atoms with E-state index < -0.39 is 328 Å². The summed E-state index contributed by atoms with van der Waals surface area (Å²) in [5.74, 6) is -53.7. The molecular weight excluding hydrogens is 1520 g/mol. The topological polar surface area (TPSA) is 733 Å². The third-order valence-corrected chi connectivity index (χ3v) is 17.1. The average molecular weight is 1570 g/mol. The molecule has 5 aliphatic rings. The molecule has 2 saturated heterocycles. The number of carbonyl (C=O) groups excluding carboxylic acids is 8. The van der Waals surface area contributed by atoms with Crippen molar-refractivity contribution in [2.24, 2.45) is 0 Å². The molecule has 0 aliphatic carbocycles. The van der Waals surface area contributed by atoms with Crippen LogP contribution in [-0.4, -0.2) is 245 Å². The molecule has 0 unspecified atom stereocenters. The standard InChI is InChI=1S/C68H50O44/c69-13-35-46(88)55(107-59(93)15-1-23(70)39(81)24(71)2-15)57-67(103-35)112-62(96)18-5-27(74)41(83)34(8-18)102-51-21(11-30(77)44(86)49(51)91)65(99)110-58-56(108-60(94)16-3-25(72)40(82)26(73)4-16)54-36(14-101-63(97)19-9-28(75)42(84)47(89)37(19)38-20(64(98)106-54)10-29(76)43(85)48(38)90)104-68(58)111-61(95)17-6-32(79)53(33(80)7-17)105-52-22(66(100)109-57)12-31(78)45(87)50(52)92/h1-12,35-36,46,54-58,67-92H,13-14H2/t35-,36-,46-,54-,55+,56+,57-,58-,67+,68+/m1/s1. The highest BCUT2D eigenvalue weighted by molar-refractivity contribution is 6.09. The first-order valence-corrected chi connectivity index (χ1v) is 31.1. The Kier molecular flexibility index (Phi) is 19.5. The molecule has 5 aliphatic heterocycles. The van der Waals surface area contributed by atoms with Gasteiger partial charge in [-0.1, -0.05) is 0 Å². The number of benzene rings is 8. The minimum atomic E-state index is -3.05. The molecule has 44 nitrogen and oxygen atoms in total. The second kappa shape index (κ2) is 28.7. The van der Waals surface area contributed by atoms with Gasteiger partial charge in [-0.05, 0) is 60.7 Å². The number of phenolic OH excluding ortho intramolecular Hbond substituents is 22. The van der Waals surface area contributed by atoms with E-state index in [1.54, 1.807) is 0 Å². The van der Waals surface area contributed by atoms with Crippen molar-refractivity contribution in [3.05, 3.63) is 117 Å². The molecule has 2 fully saturated rings. The Morgan fingerprint density at radius 3 is 1.19 bits per heavy atom. The van der Waals surface area contributed by atoms with Gasteiger partial charge in [0.25, 0.3) is 0 Å². The first-order chi connectivity index (χ1) is 52.8. The van der Waals surface area contributed by atoms with Crippen LogP contribution in [0.25, 0.3) is 11.1 Å². The van der Waals surface area contributed by atoms with Crippen molar-refractivity contribution < 1.29 is 218 Å². The average Bonchev–Trinajstić information content (AvgIpc) is 1.20. The second-order valence-electron chi connectivity index (χ2n) is 24.1. The van der Waals surface area contributed by atoms with Crippen molar-refractivity contribution in [3.63, 3.8) is 0 Å². The van der Waals surface area contributed by atoms with Gasteiger partial charge in [-0.15, -0.1) is 0 Å². The van der Waals surface area contributed by atoms with Crippen LogP contribution in [0, 0.1) is 0 Å². The summed E-state index contributed by atoms with van der Waals surface area (Å²) in [6.45, 7) is -2.89. The fraction of sp³-hybridized carbons (Fsp3) is 0.176. The summed E-state index contributed by atoms with van der Waals surface area (Å²) >= 11 is 0. The van der Waals surface area contributed by atoms with Gasteiger partial charge >= 0.3 is 47.8 Å². The number of hydrogen-bond acceptors (Lipinski definition) is 44. The van der Waals surface area contributed by atoms with E-state index in [0.717, 1.165) is 0 Å². The second-order valence-corrected chi connectivity index (χ2v) is 24.1. The zero-order valence-electron chi connectivity index (χ0n) is 55.0. The van der Waals surface area contributed by atoms with Crippen molar-refractivity contribution in [1.29, 1.82) is 0 Å². The number of esters is 8. The summed E-state index contributed by atoms with van der Waals surface area (Å²) in [5.41, 5.74) is -12.0. The zero-order chi connectivity index (χ0) is 81.6. The molecule has 8 aromatic carbocycles. The highest BCUT2D eigenvalue weighted by Crippen LogP contribution is 2.56. The molecule has 0 saturated carbocycles. The van der Waals surface area contributed by atoms with Crippen LogP contribution in [0.15, 0.2) is 72.8 Å². The lowest BCUT2D eigenvalue weighted by Gasteiger charge is -2.43. The lowest BCUT2D eigenvalue weighted by molar-refractivity contribution is -0.283. The van der Waals surface area contributed by atoms with Crippen LogP contribution in [0.4, 0.5) is 0 Å². The highest BCUT2D eigenvalue weighted by Gasteiger charge is 2.57. The lowest BCUT2D eigenvalue weighted by atomic mass is 9.92. The van der Waals surface area contributed by atoms with E-state index in [-0.39, 0.29) is 30.3 Å². The van der Waals surface area contributed by atoms with Crippen LogP contribution >= 0.6 is 0 Å². The zero-order valence-corrected chi connectivity index (χ0v) is 55.0. The van der Waals surface area contributed by atoms with Gasteiger partial charge < -0.3 is 179 Å². The molecule has 112 heavy (non-hydrogen) atoms. The number of carbonyl (C=O) groups is 8. The van der Waals surface area contributed by atoms with Crippen LogP contribution in [0.1, 0.15) is 82.9 Å². The molecule has 24 N–H and O–H groups in total. The van der Waals surface area contributed by atoms with E-state index in [1.807, 2.05) is 0 Å². The third kappa shape index (κ3) is 13.5. The normalized spacial score (nSPS) is 21.2.